The Labute approximate surface area is 172 Å². The van der Waals surface area contributed by atoms with Gasteiger partial charge >= 0.3 is 21.7 Å². The predicted octanol–water partition coefficient (Wildman–Crippen LogP) is -1.34. The molecular formula is C20H21Cl2OTi. The van der Waals surface area contributed by atoms with Crippen molar-refractivity contribution in [3.05, 3.63) is 95.1 Å². The first-order valence-electron chi connectivity index (χ1n) is 7.19. The molecule has 0 fully saturated rings. The molecule has 1 nitrogen and oxygen atoms in total. The first-order valence-corrected chi connectivity index (χ1v) is 7.19. The van der Waals surface area contributed by atoms with E-state index in [0.717, 1.165) is 5.56 Å². The Balaban J connectivity index is 0. The molecule has 1 N–H and O–H groups in total. The van der Waals surface area contributed by atoms with Crippen molar-refractivity contribution in [1.29, 1.82) is 0 Å². The summed E-state index contributed by atoms with van der Waals surface area (Å²) in [5, 5.41) is 8.54. The summed E-state index contributed by atoms with van der Waals surface area (Å²) in [4.78, 5) is 0. The Hall–Kier alpha value is -0.826. The Morgan fingerprint density at radius 3 is 2.00 bits per heavy atom. The molecular weight excluding hydrogens is 375 g/mol. The van der Waals surface area contributed by atoms with Gasteiger partial charge in [0.2, 0.25) is 0 Å². The fourth-order valence-electron chi connectivity index (χ4n) is 2.28. The van der Waals surface area contributed by atoms with Crippen LogP contribution in [0.3, 0.4) is 0 Å². The fourth-order valence-corrected chi connectivity index (χ4v) is 2.28. The van der Waals surface area contributed by atoms with Gasteiger partial charge in [-0.25, -0.2) is 0 Å². The fraction of sp³-hybridized carbons (Fsp3) is 0.200. The van der Waals surface area contributed by atoms with Crippen molar-refractivity contribution >= 4 is 0 Å². The van der Waals surface area contributed by atoms with E-state index in [0.29, 0.717) is 5.92 Å². The zero-order valence-corrected chi connectivity index (χ0v) is 16.9. The second-order valence-electron chi connectivity index (χ2n) is 5.16. The second-order valence-corrected chi connectivity index (χ2v) is 5.16. The Kier molecular flexibility index (Phi) is 14.3. The normalized spacial score (nSPS) is 14.5. The first-order chi connectivity index (χ1) is 10.2. The molecule has 1 aliphatic rings. The topological polar surface area (TPSA) is 20.2 Å². The van der Waals surface area contributed by atoms with Crippen molar-refractivity contribution in [2.75, 3.05) is 0 Å². The van der Waals surface area contributed by atoms with Crippen molar-refractivity contribution in [2.24, 2.45) is 0 Å². The van der Waals surface area contributed by atoms with Crippen molar-refractivity contribution in [1.82, 2.24) is 0 Å². The summed E-state index contributed by atoms with van der Waals surface area (Å²) in [6.07, 6.45) is 4.44. The van der Waals surface area contributed by atoms with E-state index in [1.165, 1.54) is 16.7 Å². The maximum absolute atomic E-state index is 8.54. The standard InChI is InChI=1S/C13H13.C7H8O.2ClH.Ti/c1-10-8-9-13(11(10)2)12-6-4-3-5-7-12;8-6-7-4-2-1-3-5-7;;;/h3-6,8-9,13H,1-2H3;1-5,8H,6H2;2*1H;/q-1;;;;+3/p-2. The van der Waals surface area contributed by atoms with Crippen LogP contribution in [-0.2, 0) is 28.3 Å². The monoisotopic (exact) mass is 395 g/mol. The van der Waals surface area contributed by atoms with Gasteiger partial charge in [-0.15, -0.1) is 0 Å². The van der Waals surface area contributed by atoms with Crippen LogP contribution in [0.1, 0.15) is 30.9 Å². The third-order valence-corrected chi connectivity index (χ3v) is 3.72. The van der Waals surface area contributed by atoms with Gasteiger partial charge in [0.25, 0.3) is 0 Å². The van der Waals surface area contributed by atoms with E-state index in [9.17, 15) is 0 Å². The molecule has 125 valence electrons. The summed E-state index contributed by atoms with van der Waals surface area (Å²) in [7, 11) is 0. The summed E-state index contributed by atoms with van der Waals surface area (Å²) in [6.45, 7) is 4.50. The van der Waals surface area contributed by atoms with Gasteiger partial charge in [-0.1, -0.05) is 53.6 Å². The maximum Gasteiger partial charge on any atom is 3.00 e. The number of aliphatic hydroxyl groups excluding tert-OH is 1. The molecule has 2 aromatic carbocycles. The largest absolute Gasteiger partial charge is 3.00 e. The number of hydrogen-bond donors (Lipinski definition) is 1. The summed E-state index contributed by atoms with van der Waals surface area (Å²) >= 11 is 0. The summed E-state index contributed by atoms with van der Waals surface area (Å²) in [5.41, 5.74) is 5.07. The molecule has 0 saturated carbocycles. The third-order valence-electron chi connectivity index (χ3n) is 3.72. The van der Waals surface area contributed by atoms with Crippen LogP contribution in [0, 0.1) is 6.07 Å². The van der Waals surface area contributed by atoms with Crippen LogP contribution in [0.2, 0.25) is 0 Å². The molecule has 1 unspecified atom stereocenters. The zero-order chi connectivity index (χ0) is 15.1. The molecule has 0 aromatic heterocycles. The van der Waals surface area contributed by atoms with Gasteiger partial charge in [-0.2, -0.15) is 35.9 Å². The smallest absolute Gasteiger partial charge is 1.00 e. The van der Waals surface area contributed by atoms with Crippen LogP contribution in [0.5, 0.6) is 0 Å². The number of halogens is 2. The Bertz CT molecular complexity index is 625. The average Bonchev–Trinajstić information content (AvgIpc) is 2.89. The quantitative estimate of drug-likeness (QED) is 0.493. The number of rotatable bonds is 2. The van der Waals surface area contributed by atoms with Crippen LogP contribution in [-0.4, -0.2) is 5.11 Å². The van der Waals surface area contributed by atoms with Crippen LogP contribution in [0.4, 0.5) is 0 Å². The van der Waals surface area contributed by atoms with Crippen LogP contribution in [0.15, 0.2) is 77.9 Å². The molecule has 2 aromatic rings. The first kappa shape index (κ1) is 25.4. The number of allylic oxidation sites excluding steroid dienone is 4. The van der Waals surface area contributed by atoms with E-state index >= 15 is 0 Å². The van der Waals surface area contributed by atoms with E-state index in [4.69, 9.17) is 5.11 Å². The van der Waals surface area contributed by atoms with Crippen molar-refractivity contribution in [3.63, 3.8) is 0 Å². The number of benzene rings is 2. The molecule has 24 heavy (non-hydrogen) atoms. The van der Waals surface area contributed by atoms with Gasteiger partial charge in [0.05, 0.1) is 6.61 Å². The zero-order valence-electron chi connectivity index (χ0n) is 13.8. The minimum atomic E-state index is 0. The van der Waals surface area contributed by atoms with Gasteiger partial charge < -0.3 is 29.9 Å². The number of aliphatic hydroxyl groups is 1. The molecule has 0 aliphatic heterocycles. The molecule has 0 spiro atoms. The van der Waals surface area contributed by atoms with E-state index in [1.54, 1.807) is 0 Å². The Morgan fingerprint density at radius 1 is 0.958 bits per heavy atom. The van der Waals surface area contributed by atoms with Gasteiger partial charge in [0.15, 0.2) is 0 Å². The molecule has 1 atom stereocenters. The van der Waals surface area contributed by atoms with Crippen LogP contribution < -0.4 is 24.8 Å². The Morgan fingerprint density at radius 2 is 1.58 bits per heavy atom. The molecule has 1 aliphatic carbocycles. The van der Waals surface area contributed by atoms with E-state index in [1.807, 2.05) is 42.5 Å². The summed E-state index contributed by atoms with van der Waals surface area (Å²) < 4.78 is 0. The van der Waals surface area contributed by atoms with Crippen molar-refractivity contribution < 1.29 is 51.6 Å². The molecule has 0 amide bonds. The maximum atomic E-state index is 8.54. The summed E-state index contributed by atoms with van der Waals surface area (Å²) in [6, 6.07) is 21.0. The average molecular weight is 396 g/mol. The van der Waals surface area contributed by atoms with Crippen LogP contribution >= 0.6 is 0 Å². The minimum absolute atomic E-state index is 0. The molecule has 0 bridgehead atoms. The second kappa shape index (κ2) is 13.5. The van der Waals surface area contributed by atoms with Gasteiger partial charge in [0, 0.05) is 5.92 Å². The SMILES string of the molecule is CC1=C(C)C(c2[c-]cccc2)C=C1.OCc1ccccc1.[Cl-].[Cl-].[Ti+3]. The van der Waals surface area contributed by atoms with E-state index in [2.05, 4.69) is 44.2 Å². The van der Waals surface area contributed by atoms with E-state index in [-0.39, 0.29) is 53.1 Å². The van der Waals surface area contributed by atoms with Gasteiger partial charge in [-0.3, -0.25) is 0 Å². The van der Waals surface area contributed by atoms with Gasteiger partial charge in [0.1, 0.15) is 0 Å². The predicted molar refractivity (Wildman–Crippen MR) is 87.9 cm³/mol. The van der Waals surface area contributed by atoms with Gasteiger partial charge in [-0.05, 0) is 19.4 Å². The number of hydrogen-bond acceptors (Lipinski definition) is 1. The molecule has 0 heterocycles. The molecule has 0 saturated heterocycles. The molecule has 4 heteroatoms. The molecule has 3 rings (SSSR count). The summed E-state index contributed by atoms with van der Waals surface area (Å²) in [5.74, 6) is 0.459. The van der Waals surface area contributed by atoms with Crippen molar-refractivity contribution in [2.45, 2.75) is 26.4 Å². The molecule has 1 radical (unpaired) electrons. The van der Waals surface area contributed by atoms with Crippen molar-refractivity contribution in [3.8, 4) is 0 Å². The van der Waals surface area contributed by atoms with E-state index < -0.39 is 0 Å². The third kappa shape index (κ3) is 7.38. The minimum Gasteiger partial charge on any atom is -1.00 e. The van der Waals surface area contributed by atoms with Crippen LogP contribution in [0.25, 0.3) is 0 Å².